The number of oxime groups is 1. The fourth-order valence-corrected chi connectivity index (χ4v) is 8.35. The quantitative estimate of drug-likeness (QED) is 0.442. The average Bonchev–Trinajstić information content (AvgIpc) is 3.13. The number of hydrogen-bond acceptors (Lipinski definition) is 5. The Morgan fingerprint density at radius 1 is 1.05 bits per heavy atom. The summed E-state index contributed by atoms with van der Waals surface area (Å²) in [6, 6.07) is 8.21. The third-order valence-electron chi connectivity index (χ3n) is 10.8. The predicted octanol–water partition coefficient (Wildman–Crippen LogP) is 4.88. The number of fused-ring (bicyclic) bond motifs is 5. The third-order valence-corrected chi connectivity index (χ3v) is 10.8. The maximum Gasteiger partial charge on any atom is 0.326 e. The summed E-state index contributed by atoms with van der Waals surface area (Å²) in [5, 5.41) is 27.5. The van der Waals surface area contributed by atoms with Crippen molar-refractivity contribution in [3.8, 4) is 0 Å². The van der Waals surface area contributed by atoms with Gasteiger partial charge in [-0.2, -0.15) is 0 Å². The molecule has 0 heterocycles. The Morgan fingerprint density at radius 3 is 2.53 bits per heavy atom. The van der Waals surface area contributed by atoms with Crippen molar-refractivity contribution >= 4 is 17.6 Å². The van der Waals surface area contributed by atoms with E-state index in [1.165, 1.54) is 12.0 Å². The van der Waals surface area contributed by atoms with Gasteiger partial charge in [0.05, 0.1) is 11.3 Å². The fourth-order valence-electron chi connectivity index (χ4n) is 8.35. The van der Waals surface area contributed by atoms with Gasteiger partial charge in [-0.3, -0.25) is 4.79 Å². The van der Waals surface area contributed by atoms with Gasteiger partial charge in [0.15, 0.2) is 6.61 Å². The van der Waals surface area contributed by atoms with Crippen LogP contribution in [-0.2, 0) is 20.8 Å². The van der Waals surface area contributed by atoms with Crippen molar-refractivity contribution in [3.05, 3.63) is 47.5 Å². The lowest BCUT2D eigenvalue weighted by Crippen LogP contribution is -2.53. The Balaban J connectivity index is 1.19. The van der Waals surface area contributed by atoms with E-state index in [1.807, 2.05) is 30.3 Å². The van der Waals surface area contributed by atoms with Crippen LogP contribution < -0.4 is 5.32 Å². The second-order valence-corrected chi connectivity index (χ2v) is 12.8. The smallest absolute Gasteiger partial charge is 0.326 e. The molecule has 206 valence electrons. The van der Waals surface area contributed by atoms with E-state index in [2.05, 4.69) is 37.3 Å². The Kier molecular flexibility index (Phi) is 7.18. The van der Waals surface area contributed by atoms with Crippen LogP contribution in [0.25, 0.3) is 0 Å². The van der Waals surface area contributed by atoms with E-state index in [-0.39, 0.29) is 23.9 Å². The highest BCUT2D eigenvalue weighted by atomic mass is 16.6. The number of benzene rings is 1. The van der Waals surface area contributed by atoms with E-state index in [0.717, 1.165) is 56.2 Å². The van der Waals surface area contributed by atoms with Gasteiger partial charge in [0.1, 0.15) is 6.04 Å². The first-order valence-electron chi connectivity index (χ1n) is 14.2. The van der Waals surface area contributed by atoms with Crippen molar-refractivity contribution in [2.75, 3.05) is 6.61 Å². The van der Waals surface area contributed by atoms with Crippen molar-refractivity contribution in [3.63, 3.8) is 0 Å². The van der Waals surface area contributed by atoms with Crippen LogP contribution >= 0.6 is 0 Å². The molecular weight excluding hydrogens is 480 g/mol. The second kappa shape index (κ2) is 10.1. The zero-order valence-electron chi connectivity index (χ0n) is 22.9. The van der Waals surface area contributed by atoms with Gasteiger partial charge in [-0.15, -0.1) is 0 Å². The van der Waals surface area contributed by atoms with Crippen LogP contribution in [0.1, 0.15) is 77.7 Å². The molecule has 0 unspecified atom stereocenters. The van der Waals surface area contributed by atoms with Crippen LogP contribution in [0.4, 0.5) is 0 Å². The molecule has 38 heavy (non-hydrogen) atoms. The zero-order valence-corrected chi connectivity index (χ0v) is 22.9. The fraction of sp³-hybridized carbons (Fsp3) is 0.645. The first-order valence-corrected chi connectivity index (χ1v) is 14.2. The summed E-state index contributed by atoms with van der Waals surface area (Å²) in [5.41, 5.74) is 2.77. The molecule has 1 amide bonds. The van der Waals surface area contributed by atoms with Gasteiger partial charge in [0.2, 0.25) is 0 Å². The molecule has 0 aliphatic heterocycles. The van der Waals surface area contributed by atoms with Crippen LogP contribution in [-0.4, -0.2) is 46.1 Å². The number of allylic oxidation sites excluding steroid dienone is 2. The molecule has 3 N–H and O–H groups in total. The molecule has 7 heteroatoms. The molecule has 4 aliphatic carbocycles. The van der Waals surface area contributed by atoms with Crippen LogP contribution in [0.5, 0.6) is 0 Å². The number of aliphatic hydroxyl groups is 1. The SMILES string of the molecule is C[C@]12CC/C(=N/OCC(=O)N[C@H](Cc3ccccc3)C(=O)O)C=C1CC[C@@H]1[C@@H]2CC[C@@]2(C)[C@H]1CC[C@]2(C)O. The predicted molar refractivity (Wildman–Crippen MR) is 145 cm³/mol. The van der Waals surface area contributed by atoms with E-state index in [0.29, 0.717) is 17.8 Å². The molecule has 7 atom stereocenters. The Labute approximate surface area is 225 Å². The maximum atomic E-state index is 12.4. The Bertz CT molecular complexity index is 1130. The molecule has 0 saturated heterocycles. The summed E-state index contributed by atoms with van der Waals surface area (Å²) in [5.74, 6) is 0.332. The number of carbonyl (C=O) groups is 2. The van der Waals surface area contributed by atoms with Crippen LogP contribution in [0.15, 0.2) is 47.1 Å². The number of carbonyl (C=O) groups excluding carboxylic acids is 1. The van der Waals surface area contributed by atoms with Crippen molar-refractivity contribution in [1.29, 1.82) is 0 Å². The molecule has 0 bridgehead atoms. The lowest BCUT2D eigenvalue weighted by Gasteiger charge is -2.59. The van der Waals surface area contributed by atoms with Crippen molar-refractivity contribution < 1.29 is 24.6 Å². The third kappa shape index (κ3) is 4.78. The van der Waals surface area contributed by atoms with Gasteiger partial charge in [-0.05, 0) is 98.5 Å². The average molecular weight is 523 g/mol. The molecular formula is C31H42N2O5. The van der Waals surface area contributed by atoms with E-state index in [4.69, 9.17) is 4.84 Å². The summed E-state index contributed by atoms with van der Waals surface area (Å²) in [6.45, 7) is 6.49. The number of carboxylic acid groups (broad SMARTS) is 1. The molecule has 1 aromatic carbocycles. The summed E-state index contributed by atoms with van der Waals surface area (Å²) in [4.78, 5) is 29.4. The first-order chi connectivity index (χ1) is 18.0. The van der Waals surface area contributed by atoms with Gasteiger partial charge in [-0.1, -0.05) is 54.9 Å². The number of rotatable bonds is 7. The molecule has 0 spiro atoms. The van der Waals surface area contributed by atoms with Crippen LogP contribution in [0, 0.1) is 28.6 Å². The van der Waals surface area contributed by atoms with Crippen LogP contribution in [0.2, 0.25) is 0 Å². The molecule has 5 rings (SSSR count). The molecule has 7 nitrogen and oxygen atoms in total. The monoisotopic (exact) mass is 522 g/mol. The number of hydrogen-bond donors (Lipinski definition) is 3. The van der Waals surface area contributed by atoms with E-state index < -0.39 is 23.5 Å². The van der Waals surface area contributed by atoms with Gasteiger partial charge in [0.25, 0.3) is 5.91 Å². The highest BCUT2D eigenvalue weighted by Crippen LogP contribution is 2.67. The normalized spacial score (nSPS) is 37.8. The van der Waals surface area contributed by atoms with Gasteiger partial charge in [0, 0.05) is 6.42 Å². The molecule has 1 aromatic rings. The van der Waals surface area contributed by atoms with Gasteiger partial charge < -0.3 is 20.4 Å². The van der Waals surface area contributed by atoms with Gasteiger partial charge >= 0.3 is 5.97 Å². The standard InChI is InChI=1S/C31H42N2O5/c1-29-14-11-22(33-38-19-27(34)32-26(28(35)36)17-20-7-5-4-6-8-20)18-21(29)9-10-23-24(29)12-15-30(2)25(23)13-16-31(30,3)37/h4-8,18,23-26,37H,9-17,19H2,1-3H3,(H,32,34)(H,35,36)/b33-22-/t23-,24+,25+,26-,29+,30+,31+/m1/s1. The highest BCUT2D eigenvalue weighted by Gasteiger charge is 2.62. The number of nitrogens with one attached hydrogen (secondary N) is 1. The summed E-state index contributed by atoms with van der Waals surface area (Å²) in [7, 11) is 0. The van der Waals surface area contributed by atoms with E-state index >= 15 is 0 Å². The highest BCUT2D eigenvalue weighted by molar-refractivity contribution is 5.96. The first kappa shape index (κ1) is 26.9. The van der Waals surface area contributed by atoms with E-state index in [1.54, 1.807) is 0 Å². The number of aliphatic carboxylic acids is 1. The largest absolute Gasteiger partial charge is 0.480 e. The minimum Gasteiger partial charge on any atom is -0.480 e. The Morgan fingerprint density at radius 2 is 1.79 bits per heavy atom. The van der Waals surface area contributed by atoms with Crippen molar-refractivity contribution in [2.24, 2.45) is 33.7 Å². The molecule has 0 radical (unpaired) electrons. The maximum absolute atomic E-state index is 12.4. The molecule has 4 aliphatic rings. The number of nitrogens with zero attached hydrogens (tertiary/aromatic N) is 1. The molecule has 3 saturated carbocycles. The lowest BCUT2D eigenvalue weighted by atomic mass is 9.46. The number of carboxylic acids is 1. The van der Waals surface area contributed by atoms with E-state index in [9.17, 15) is 19.8 Å². The molecule has 3 fully saturated rings. The minimum atomic E-state index is -1.08. The topological polar surface area (TPSA) is 108 Å². The summed E-state index contributed by atoms with van der Waals surface area (Å²) in [6.07, 6.45) is 10.7. The molecule has 0 aromatic heterocycles. The minimum absolute atomic E-state index is 0.0299. The Hall–Kier alpha value is -2.67. The second-order valence-electron chi connectivity index (χ2n) is 12.8. The van der Waals surface area contributed by atoms with Gasteiger partial charge in [-0.25, -0.2) is 4.79 Å². The summed E-state index contributed by atoms with van der Waals surface area (Å²) < 4.78 is 0. The van der Waals surface area contributed by atoms with Crippen LogP contribution in [0.3, 0.4) is 0 Å². The summed E-state index contributed by atoms with van der Waals surface area (Å²) >= 11 is 0. The number of amides is 1. The van der Waals surface area contributed by atoms with Crippen molar-refractivity contribution in [1.82, 2.24) is 5.32 Å². The van der Waals surface area contributed by atoms with Crippen molar-refractivity contribution in [2.45, 2.75) is 90.2 Å². The zero-order chi connectivity index (χ0) is 27.1. The lowest BCUT2D eigenvalue weighted by molar-refractivity contribution is -0.142.